The first-order chi connectivity index (χ1) is 14.0. The molecule has 0 aliphatic carbocycles. The summed E-state index contributed by atoms with van der Waals surface area (Å²) in [6.07, 6.45) is 4.35. The molecule has 1 heterocycles. The van der Waals surface area contributed by atoms with E-state index in [1.54, 1.807) is 6.07 Å². The molecule has 3 rings (SSSR count). The second-order valence-electron chi connectivity index (χ2n) is 7.17. The third kappa shape index (κ3) is 6.39. The maximum atomic E-state index is 12.3. The van der Waals surface area contributed by atoms with Gasteiger partial charge in [-0.05, 0) is 23.8 Å². The van der Waals surface area contributed by atoms with E-state index < -0.39 is 4.92 Å². The molecule has 2 aromatic carbocycles. The first-order valence-electron chi connectivity index (χ1n) is 9.64. The highest BCUT2D eigenvalue weighted by Gasteiger charge is 2.24. The highest BCUT2D eigenvalue weighted by atomic mass is 35.5. The zero-order valence-corrected chi connectivity index (χ0v) is 16.8. The Labute approximate surface area is 174 Å². The third-order valence-corrected chi connectivity index (χ3v) is 5.34. The largest absolute Gasteiger partial charge is 0.322 e. The van der Waals surface area contributed by atoms with E-state index in [1.807, 2.05) is 18.2 Å². The Kier molecular flexibility index (Phi) is 7.35. The summed E-state index contributed by atoms with van der Waals surface area (Å²) in [5, 5.41) is 13.7. The fourth-order valence-electron chi connectivity index (χ4n) is 3.43. The van der Waals surface area contributed by atoms with Gasteiger partial charge in [0, 0.05) is 11.8 Å². The van der Waals surface area contributed by atoms with Crippen molar-refractivity contribution < 1.29 is 19.5 Å². The van der Waals surface area contributed by atoms with Crippen molar-refractivity contribution in [3.63, 3.8) is 0 Å². The molecule has 2 aromatic rings. The minimum atomic E-state index is -0.558. The number of anilines is 1. The minimum absolute atomic E-state index is 0.0547. The Hall–Kier alpha value is -2.74. The summed E-state index contributed by atoms with van der Waals surface area (Å²) in [6, 6.07) is 14.5. The van der Waals surface area contributed by atoms with E-state index in [-0.39, 0.29) is 16.6 Å². The Balaban J connectivity index is 1.42. The van der Waals surface area contributed by atoms with E-state index in [4.69, 9.17) is 11.6 Å². The van der Waals surface area contributed by atoms with Crippen molar-refractivity contribution >= 4 is 35.0 Å². The molecule has 0 saturated carbocycles. The van der Waals surface area contributed by atoms with Crippen molar-refractivity contribution in [1.29, 1.82) is 0 Å². The lowest BCUT2D eigenvalue weighted by molar-refractivity contribution is -1.01. The highest BCUT2D eigenvalue weighted by molar-refractivity contribution is 6.32. The van der Waals surface area contributed by atoms with Gasteiger partial charge in [-0.25, -0.2) is 0 Å². The molecule has 7 nitrogen and oxygen atoms in total. The summed E-state index contributed by atoms with van der Waals surface area (Å²) >= 11 is 5.80. The van der Waals surface area contributed by atoms with Gasteiger partial charge in [-0.2, -0.15) is 0 Å². The molecular weight excluding hydrogens is 392 g/mol. The van der Waals surface area contributed by atoms with Crippen LogP contribution in [-0.2, 0) is 4.79 Å². The number of hydrogen-bond donors (Lipinski definition) is 3. The topological polar surface area (TPSA) is 81.1 Å². The summed E-state index contributed by atoms with van der Waals surface area (Å²) in [7, 11) is 0. The smallest absolute Gasteiger partial charge is 0.289 e. The van der Waals surface area contributed by atoms with E-state index in [0.717, 1.165) is 32.7 Å². The van der Waals surface area contributed by atoms with Gasteiger partial charge in [-0.1, -0.05) is 48.0 Å². The first-order valence-corrected chi connectivity index (χ1v) is 10.0. The zero-order valence-electron chi connectivity index (χ0n) is 16.1. The van der Waals surface area contributed by atoms with E-state index in [9.17, 15) is 14.9 Å². The van der Waals surface area contributed by atoms with Crippen LogP contribution in [0.15, 0.2) is 54.6 Å². The van der Waals surface area contributed by atoms with Crippen molar-refractivity contribution in [2.45, 2.75) is 0 Å². The number of carbonyl (C=O) groups excluding carboxylic acids is 1. The van der Waals surface area contributed by atoms with Crippen molar-refractivity contribution in [2.24, 2.45) is 0 Å². The molecule has 0 spiro atoms. The lowest BCUT2D eigenvalue weighted by Gasteiger charge is -2.28. The second-order valence-corrected chi connectivity index (χ2v) is 7.57. The standard InChI is InChI=1S/C21H23ClN4O3/c22-19-9-8-18(15-20(19)26(28)29)23-21(27)16-25-13-11-24(12-14-25)10-4-7-17-5-2-1-3-6-17/h1-9,15H,10-14,16H2,(H,23,27)/p+2/b7-4-. The first kappa shape index (κ1) is 21.0. The molecule has 0 radical (unpaired) electrons. The SMILES string of the molecule is O=C(C[NH+]1CC[NH+](C/C=C\c2ccccc2)CC1)Nc1ccc(Cl)c([N+](=O)[O-])c1. The number of rotatable bonds is 7. The van der Waals surface area contributed by atoms with Crippen LogP contribution in [0.1, 0.15) is 5.56 Å². The van der Waals surface area contributed by atoms with Crippen molar-refractivity contribution in [1.82, 2.24) is 0 Å². The molecule has 1 fully saturated rings. The van der Waals surface area contributed by atoms with Gasteiger partial charge in [0.05, 0.1) is 11.5 Å². The van der Waals surface area contributed by atoms with Crippen molar-refractivity contribution in [2.75, 3.05) is 44.6 Å². The Morgan fingerprint density at radius 1 is 1.10 bits per heavy atom. The summed E-state index contributed by atoms with van der Waals surface area (Å²) < 4.78 is 0. The monoisotopic (exact) mass is 416 g/mol. The van der Waals surface area contributed by atoms with Crippen molar-refractivity contribution in [3.05, 3.63) is 75.3 Å². The summed E-state index contributed by atoms with van der Waals surface area (Å²) in [5.74, 6) is -0.149. The van der Waals surface area contributed by atoms with Gasteiger partial charge in [-0.15, -0.1) is 0 Å². The molecule has 0 atom stereocenters. The number of nitrogens with zero attached hydrogens (tertiary/aromatic N) is 1. The average molecular weight is 417 g/mol. The lowest BCUT2D eigenvalue weighted by Crippen LogP contribution is -3.28. The fraction of sp³-hybridized carbons (Fsp3) is 0.286. The fourth-order valence-corrected chi connectivity index (χ4v) is 3.61. The van der Waals surface area contributed by atoms with E-state index in [1.165, 1.54) is 27.5 Å². The van der Waals surface area contributed by atoms with Crippen LogP contribution in [0.25, 0.3) is 6.08 Å². The number of halogens is 1. The van der Waals surface area contributed by atoms with Gasteiger partial charge < -0.3 is 15.1 Å². The molecular formula is C21H25ClN4O3+2. The summed E-state index contributed by atoms with van der Waals surface area (Å²) in [6.45, 7) is 5.18. The molecule has 1 saturated heterocycles. The predicted octanol–water partition coefficient (Wildman–Crippen LogP) is 0.684. The zero-order chi connectivity index (χ0) is 20.6. The Morgan fingerprint density at radius 2 is 1.79 bits per heavy atom. The van der Waals surface area contributed by atoms with Gasteiger partial charge in [0.2, 0.25) is 0 Å². The molecule has 8 heteroatoms. The molecule has 1 aliphatic rings. The van der Waals surface area contributed by atoms with Gasteiger partial charge in [0.15, 0.2) is 6.54 Å². The van der Waals surface area contributed by atoms with Crippen LogP contribution < -0.4 is 15.1 Å². The number of nitro benzene ring substituents is 1. The van der Waals surface area contributed by atoms with Gasteiger partial charge >= 0.3 is 0 Å². The number of amides is 1. The van der Waals surface area contributed by atoms with Crippen LogP contribution in [0.2, 0.25) is 5.02 Å². The lowest BCUT2D eigenvalue weighted by atomic mass is 10.2. The quantitative estimate of drug-likeness (QED) is 0.458. The van der Waals surface area contributed by atoms with Gasteiger partial charge in [-0.3, -0.25) is 14.9 Å². The van der Waals surface area contributed by atoms with E-state index in [2.05, 4.69) is 29.6 Å². The maximum Gasteiger partial charge on any atom is 0.289 e. The molecule has 0 aromatic heterocycles. The average Bonchev–Trinajstić information content (AvgIpc) is 2.71. The second kappa shape index (κ2) is 10.2. The van der Waals surface area contributed by atoms with Crippen LogP contribution in [0.4, 0.5) is 11.4 Å². The van der Waals surface area contributed by atoms with Crippen LogP contribution in [-0.4, -0.2) is 50.1 Å². The van der Waals surface area contributed by atoms with Crippen LogP contribution in [0.3, 0.4) is 0 Å². The van der Waals surface area contributed by atoms with Crippen LogP contribution in [0, 0.1) is 10.1 Å². The van der Waals surface area contributed by atoms with Gasteiger partial charge in [0.1, 0.15) is 31.2 Å². The Bertz CT molecular complexity index is 881. The van der Waals surface area contributed by atoms with E-state index in [0.29, 0.717) is 12.2 Å². The number of quaternary nitrogens is 2. The number of hydrogen-bond acceptors (Lipinski definition) is 3. The normalized spacial score (nSPS) is 19.2. The number of carbonyl (C=O) groups is 1. The molecule has 29 heavy (non-hydrogen) atoms. The molecule has 3 N–H and O–H groups in total. The molecule has 0 bridgehead atoms. The third-order valence-electron chi connectivity index (χ3n) is 5.02. The highest BCUT2D eigenvalue weighted by Crippen LogP contribution is 2.27. The van der Waals surface area contributed by atoms with E-state index >= 15 is 0 Å². The summed E-state index contributed by atoms with van der Waals surface area (Å²) in [4.78, 5) is 25.4. The molecule has 1 amide bonds. The predicted molar refractivity (Wildman–Crippen MR) is 113 cm³/mol. The van der Waals surface area contributed by atoms with Gasteiger partial charge in [0.25, 0.3) is 11.6 Å². The molecule has 1 aliphatic heterocycles. The maximum absolute atomic E-state index is 12.3. The number of piperazine rings is 1. The minimum Gasteiger partial charge on any atom is -0.322 e. The number of benzene rings is 2. The summed E-state index contributed by atoms with van der Waals surface area (Å²) in [5.41, 5.74) is 1.38. The van der Waals surface area contributed by atoms with Crippen LogP contribution >= 0.6 is 11.6 Å². The number of nitrogens with one attached hydrogen (secondary N) is 3. The van der Waals surface area contributed by atoms with Crippen LogP contribution in [0.5, 0.6) is 0 Å². The Morgan fingerprint density at radius 3 is 2.48 bits per heavy atom. The number of nitro groups is 1. The molecule has 152 valence electrons. The molecule has 0 unspecified atom stereocenters. The van der Waals surface area contributed by atoms with Crippen molar-refractivity contribution in [3.8, 4) is 0 Å².